The van der Waals surface area contributed by atoms with Crippen LogP contribution >= 0.6 is 0 Å². The molecule has 0 aromatic carbocycles. The average Bonchev–Trinajstić information content (AvgIpc) is 2.79. The third kappa shape index (κ3) is 13.9. The van der Waals surface area contributed by atoms with Gasteiger partial charge >= 0.3 is 0 Å². The van der Waals surface area contributed by atoms with E-state index in [4.69, 9.17) is 0 Å². The summed E-state index contributed by atoms with van der Waals surface area (Å²) < 4.78 is 0. The smallest absolute Gasteiger partial charge is 0.220 e. The largest absolute Gasteiger partial charge is 0.346 e. The van der Waals surface area contributed by atoms with Gasteiger partial charge in [-0.2, -0.15) is 0 Å². The van der Waals surface area contributed by atoms with Crippen LogP contribution in [0, 0.1) is 5.92 Å². The summed E-state index contributed by atoms with van der Waals surface area (Å²) in [5.74, 6) is -1.50. The van der Waals surface area contributed by atoms with E-state index in [1.54, 1.807) is 27.7 Å². The monoisotopic (exact) mass is 495 g/mol. The van der Waals surface area contributed by atoms with Gasteiger partial charge in [0.25, 0.3) is 0 Å². The van der Waals surface area contributed by atoms with E-state index in [1.807, 2.05) is 13.8 Å². The topological polar surface area (TPSA) is 139 Å². The Morgan fingerprint density at radius 3 is 1.49 bits per heavy atom. The normalized spacial score (nSPS) is 13.7. The number of Topliss-reactive ketones (excluding diaryl/α,β-unsaturated/α-hetero) is 4. The van der Waals surface area contributed by atoms with Crippen LogP contribution in [0.1, 0.15) is 99.8 Å². The fourth-order valence-corrected chi connectivity index (χ4v) is 3.67. The molecule has 0 aliphatic rings. The average molecular weight is 496 g/mol. The third-order valence-electron chi connectivity index (χ3n) is 5.70. The van der Waals surface area contributed by atoms with Crippen molar-refractivity contribution >= 4 is 34.9 Å². The first kappa shape index (κ1) is 32.6. The van der Waals surface area contributed by atoms with E-state index in [0.717, 1.165) is 0 Å². The number of ketones is 4. The minimum atomic E-state index is -0.843. The lowest BCUT2D eigenvalue weighted by molar-refractivity contribution is -0.131. The summed E-state index contributed by atoms with van der Waals surface area (Å²) >= 11 is 0. The molecule has 0 aromatic heterocycles. The maximum atomic E-state index is 12.7. The Morgan fingerprint density at radius 1 is 0.629 bits per heavy atom. The molecule has 0 rings (SSSR count). The molecule has 0 aromatic rings. The van der Waals surface area contributed by atoms with Crippen molar-refractivity contribution in [1.82, 2.24) is 16.0 Å². The summed E-state index contributed by atoms with van der Waals surface area (Å²) in [6.07, 6.45) is 1.46. The molecule has 2 amide bonds. The van der Waals surface area contributed by atoms with Gasteiger partial charge in [0, 0.05) is 44.1 Å². The quantitative estimate of drug-likeness (QED) is 0.250. The van der Waals surface area contributed by atoms with Gasteiger partial charge in [0.05, 0.1) is 18.1 Å². The number of carbonyl (C=O) groups excluding carboxylic acids is 6. The number of hydrogen-bond acceptors (Lipinski definition) is 7. The van der Waals surface area contributed by atoms with Crippen LogP contribution in [0.4, 0.5) is 0 Å². The van der Waals surface area contributed by atoms with Gasteiger partial charge in [-0.3, -0.25) is 24.0 Å². The van der Waals surface area contributed by atoms with Crippen LogP contribution in [-0.2, 0) is 28.8 Å². The van der Waals surface area contributed by atoms with Gasteiger partial charge in [-0.25, -0.2) is 0 Å². The first-order valence-corrected chi connectivity index (χ1v) is 12.8. The molecule has 0 aliphatic heterocycles. The van der Waals surface area contributed by atoms with Gasteiger partial charge < -0.3 is 20.7 Å². The minimum Gasteiger partial charge on any atom is -0.346 e. The van der Waals surface area contributed by atoms with Gasteiger partial charge in [-0.1, -0.05) is 41.5 Å². The standard InChI is InChI=1S/C26H45N3O6/c1-8-22(31)19(27-17(5)6)12-14-25(34)29-21(26(35)16(3)4)13-15-24(33)28-20(23(32)9-2)11-10-18(7)30/h16-17,19-21,27H,8-15H2,1-7H3,(H,28,33)(H,29,34). The molecule has 9 heteroatoms. The molecule has 0 aliphatic carbocycles. The second kappa shape index (κ2) is 17.1. The number of hydrogen-bond donors (Lipinski definition) is 3. The van der Waals surface area contributed by atoms with Gasteiger partial charge in [-0.05, 0) is 26.2 Å². The van der Waals surface area contributed by atoms with Crippen LogP contribution in [0.25, 0.3) is 0 Å². The Balaban J connectivity index is 5.08. The maximum absolute atomic E-state index is 12.7. The lowest BCUT2D eigenvalue weighted by atomic mass is 9.96. The SMILES string of the molecule is CCC(=O)C(CCC(C)=O)NC(=O)CCC(NC(=O)CCC(NC(C)C)C(=O)CC)C(=O)C(C)C. The van der Waals surface area contributed by atoms with Gasteiger partial charge in [-0.15, -0.1) is 0 Å². The number of rotatable bonds is 19. The Labute approximate surface area is 209 Å². The Bertz CT molecular complexity index is 747. The van der Waals surface area contributed by atoms with E-state index in [9.17, 15) is 28.8 Å². The van der Waals surface area contributed by atoms with E-state index < -0.39 is 24.0 Å². The first-order chi connectivity index (χ1) is 16.3. The van der Waals surface area contributed by atoms with E-state index in [2.05, 4.69) is 16.0 Å². The van der Waals surface area contributed by atoms with Gasteiger partial charge in [0.1, 0.15) is 11.6 Å². The molecule has 0 saturated carbocycles. The zero-order chi connectivity index (χ0) is 27.1. The molecule has 3 unspecified atom stereocenters. The fraction of sp³-hybridized carbons (Fsp3) is 0.769. The molecule has 9 nitrogen and oxygen atoms in total. The first-order valence-electron chi connectivity index (χ1n) is 12.8. The summed E-state index contributed by atoms with van der Waals surface area (Å²) in [5.41, 5.74) is 0. The summed E-state index contributed by atoms with van der Waals surface area (Å²) in [6, 6.07) is -1.93. The molecule has 0 bridgehead atoms. The predicted octanol–water partition coefficient (Wildman–Crippen LogP) is 2.44. The summed E-state index contributed by atoms with van der Waals surface area (Å²) in [6.45, 7) is 12.2. The van der Waals surface area contributed by atoms with Crippen LogP contribution in [-0.4, -0.2) is 59.1 Å². The molecule has 0 radical (unpaired) electrons. The maximum Gasteiger partial charge on any atom is 0.220 e. The fourth-order valence-electron chi connectivity index (χ4n) is 3.67. The third-order valence-corrected chi connectivity index (χ3v) is 5.70. The molecule has 200 valence electrons. The van der Waals surface area contributed by atoms with Gasteiger partial charge in [0.2, 0.25) is 11.8 Å². The van der Waals surface area contributed by atoms with Crippen LogP contribution in [0.15, 0.2) is 0 Å². The van der Waals surface area contributed by atoms with E-state index >= 15 is 0 Å². The summed E-state index contributed by atoms with van der Waals surface area (Å²) in [5, 5.41) is 8.57. The second-order valence-electron chi connectivity index (χ2n) is 9.63. The van der Waals surface area contributed by atoms with Crippen molar-refractivity contribution in [3.63, 3.8) is 0 Å². The van der Waals surface area contributed by atoms with E-state index in [-0.39, 0.29) is 79.5 Å². The Kier molecular flexibility index (Phi) is 15.9. The summed E-state index contributed by atoms with van der Waals surface area (Å²) in [4.78, 5) is 73.4. The van der Waals surface area contributed by atoms with Crippen molar-refractivity contribution in [3.05, 3.63) is 0 Å². The number of amides is 2. The van der Waals surface area contributed by atoms with Crippen molar-refractivity contribution in [2.45, 2.75) is 124 Å². The number of nitrogens with one attached hydrogen (secondary N) is 3. The highest BCUT2D eigenvalue weighted by molar-refractivity contribution is 5.92. The molecular weight excluding hydrogens is 450 g/mol. The van der Waals surface area contributed by atoms with Crippen molar-refractivity contribution in [3.8, 4) is 0 Å². The molecule has 0 spiro atoms. The highest BCUT2D eigenvalue weighted by atomic mass is 16.2. The van der Waals surface area contributed by atoms with Crippen molar-refractivity contribution in [2.24, 2.45) is 5.92 Å². The van der Waals surface area contributed by atoms with Crippen molar-refractivity contribution in [2.75, 3.05) is 0 Å². The lowest BCUT2D eigenvalue weighted by Crippen LogP contribution is -2.46. The van der Waals surface area contributed by atoms with Crippen LogP contribution < -0.4 is 16.0 Å². The predicted molar refractivity (Wildman–Crippen MR) is 135 cm³/mol. The van der Waals surface area contributed by atoms with Crippen molar-refractivity contribution < 1.29 is 28.8 Å². The van der Waals surface area contributed by atoms with Crippen LogP contribution in [0.5, 0.6) is 0 Å². The minimum absolute atomic E-state index is 0.0268. The van der Waals surface area contributed by atoms with Crippen molar-refractivity contribution in [1.29, 1.82) is 0 Å². The zero-order valence-corrected chi connectivity index (χ0v) is 22.5. The van der Waals surface area contributed by atoms with Gasteiger partial charge in [0.15, 0.2) is 11.6 Å². The Hall–Kier alpha value is -2.42. The highest BCUT2D eigenvalue weighted by Gasteiger charge is 2.26. The molecule has 35 heavy (non-hydrogen) atoms. The summed E-state index contributed by atoms with van der Waals surface area (Å²) in [7, 11) is 0. The zero-order valence-electron chi connectivity index (χ0n) is 22.5. The van der Waals surface area contributed by atoms with E-state index in [0.29, 0.717) is 12.8 Å². The lowest BCUT2D eigenvalue weighted by Gasteiger charge is -2.22. The Morgan fingerprint density at radius 2 is 1.06 bits per heavy atom. The molecule has 3 atom stereocenters. The van der Waals surface area contributed by atoms with Crippen LogP contribution in [0.3, 0.4) is 0 Å². The molecule has 0 heterocycles. The second-order valence-corrected chi connectivity index (χ2v) is 9.63. The molecule has 0 fully saturated rings. The number of carbonyl (C=O) groups is 6. The molecular formula is C26H45N3O6. The molecule has 3 N–H and O–H groups in total. The molecule has 0 saturated heterocycles. The highest BCUT2D eigenvalue weighted by Crippen LogP contribution is 2.10. The van der Waals surface area contributed by atoms with E-state index in [1.165, 1.54) is 6.92 Å². The van der Waals surface area contributed by atoms with Crippen LogP contribution in [0.2, 0.25) is 0 Å².